The van der Waals surface area contributed by atoms with Crippen molar-refractivity contribution in [2.24, 2.45) is 17.6 Å². The van der Waals surface area contributed by atoms with E-state index >= 15 is 0 Å². The molecule has 3 rings (SSSR count). The number of thiophene rings is 1. The highest BCUT2D eigenvalue weighted by Gasteiger charge is 2.46. The van der Waals surface area contributed by atoms with Crippen molar-refractivity contribution in [3.8, 4) is 0 Å². The molecule has 2 N–H and O–H groups in total. The molecule has 2 bridgehead atoms. The summed E-state index contributed by atoms with van der Waals surface area (Å²) in [4.78, 5) is 1.53. The van der Waals surface area contributed by atoms with Crippen LogP contribution in [-0.4, -0.2) is 6.04 Å². The second-order valence-corrected chi connectivity index (χ2v) is 5.43. The van der Waals surface area contributed by atoms with Crippen molar-refractivity contribution in [1.82, 2.24) is 0 Å². The van der Waals surface area contributed by atoms with Crippen LogP contribution in [0.5, 0.6) is 0 Å². The highest BCUT2D eigenvalue weighted by atomic mass is 32.1. The van der Waals surface area contributed by atoms with E-state index < -0.39 is 0 Å². The first kappa shape index (κ1) is 8.01. The normalized spacial score (nSPS) is 42.8. The van der Waals surface area contributed by atoms with Crippen LogP contribution in [0.4, 0.5) is 0 Å². The van der Waals surface area contributed by atoms with Crippen molar-refractivity contribution < 1.29 is 0 Å². The van der Waals surface area contributed by atoms with Crippen LogP contribution in [0.25, 0.3) is 0 Å². The van der Waals surface area contributed by atoms with Crippen molar-refractivity contribution in [2.75, 3.05) is 0 Å². The molecule has 0 aliphatic heterocycles. The SMILES string of the molecule is N[C@@H]1[C@@H]2CC[C@@H](C2)[C@H]1c1cccs1. The smallest absolute Gasteiger partial charge is 0.0147 e. The average molecular weight is 193 g/mol. The average Bonchev–Trinajstić information content (AvgIpc) is 2.76. The second-order valence-electron chi connectivity index (χ2n) is 4.45. The summed E-state index contributed by atoms with van der Waals surface area (Å²) in [5.41, 5.74) is 6.26. The molecule has 2 aliphatic rings. The van der Waals surface area contributed by atoms with Gasteiger partial charge in [0.2, 0.25) is 0 Å². The monoisotopic (exact) mass is 193 g/mol. The van der Waals surface area contributed by atoms with E-state index in [-0.39, 0.29) is 0 Å². The van der Waals surface area contributed by atoms with Gasteiger partial charge in [-0.1, -0.05) is 6.07 Å². The van der Waals surface area contributed by atoms with Crippen LogP contribution in [0.2, 0.25) is 0 Å². The Morgan fingerprint density at radius 3 is 2.77 bits per heavy atom. The third-order valence-electron chi connectivity index (χ3n) is 3.85. The third kappa shape index (κ3) is 1.09. The standard InChI is InChI=1S/C11H15NS/c12-11-8-4-3-7(6-8)10(11)9-2-1-5-13-9/h1-2,5,7-8,10-11H,3-4,6,12H2/t7-,8+,10-,11+/m0/s1. The Labute approximate surface area is 83.0 Å². The quantitative estimate of drug-likeness (QED) is 0.729. The predicted octanol–water partition coefficient (Wildman–Crippen LogP) is 2.59. The van der Waals surface area contributed by atoms with Crippen LogP contribution < -0.4 is 5.73 Å². The van der Waals surface area contributed by atoms with E-state index in [9.17, 15) is 0 Å². The molecule has 0 spiro atoms. The van der Waals surface area contributed by atoms with Crippen LogP contribution >= 0.6 is 11.3 Å². The molecule has 2 saturated carbocycles. The summed E-state index contributed by atoms with van der Waals surface area (Å²) in [6, 6.07) is 4.87. The van der Waals surface area contributed by atoms with Crippen LogP contribution in [0.3, 0.4) is 0 Å². The number of rotatable bonds is 1. The van der Waals surface area contributed by atoms with Gasteiger partial charge < -0.3 is 5.73 Å². The van der Waals surface area contributed by atoms with Crippen LogP contribution in [0.15, 0.2) is 17.5 Å². The Morgan fingerprint density at radius 1 is 1.31 bits per heavy atom. The van der Waals surface area contributed by atoms with Crippen molar-refractivity contribution in [2.45, 2.75) is 31.2 Å². The van der Waals surface area contributed by atoms with Crippen LogP contribution in [0.1, 0.15) is 30.1 Å². The predicted molar refractivity (Wildman–Crippen MR) is 55.9 cm³/mol. The number of fused-ring (bicyclic) bond motifs is 2. The van der Waals surface area contributed by atoms with E-state index in [4.69, 9.17) is 5.73 Å². The van der Waals surface area contributed by atoms with Crippen LogP contribution in [0, 0.1) is 11.8 Å². The van der Waals surface area contributed by atoms with Crippen molar-refractivity contribution >= 4 is 11.3 Å². The molecule has 1 heterocycles. The lowest BCUT2D eigenvalue weighted by molar-refractivity contribution is 0.370. The minimum absolute atomic E-state index is 0.456. The second kappa shape index (κ2) is 2.82. The largest absolute Gasteiger partial charge is 0.327 e. The lowest BCUT2D eigenvalue weighted by atomic mass is 9.84. The molecule has 2 aliphatic carbocycles. The zero-order valence-electron chi connectivity index (χ0n) is 7.65. The Morgan fingerprint density at radius 2 is 2.15 bits per heavy atom. The fourth-order valence-corrected chi connectivity index (χ4v) is 4.22. The molecule has 13 heavy (non-hydrogen) atoms. The first-order chi connectivity index (χ1) is 6.36. The van der Waals surface area contributed by atoms with E-state index in [0.29, 0.717) is 12.0 Å². The lowest BCUT2D eigenvalue weighted by Gasteiger charge is -2.27. The molecule has 0 unspecified atom stereocenters. The molecular formula is C11H15NS. The Balaban J connectivity index is 1.93. The van der Waals surface area contributed by atoms with Crippen LogP contribution in [-0.2, 0) is 0 Å². The first-order valence-corrected chi connectivity index (χ1v) is 6.03. The molecule has 0 radical (unpaired) electrons. The minimum atomic E-state index is 0.456. The molecule has 2 fully saturated rings. The molecule has 0 aromatic carbocycles. The Kier molecular flexibility index (Phi) is 1.74. The molecule has 2 heteroatoms. The van der Waals surface area contributed by atoms with Gasteiger partial charge in [-0.25, -0.2) is 0 Å². The van der Waals surface area contributed by atoms with Gasteiger partial charge in [-0.2, -0.15) is 0 Å². The van der Waals surface area contributed by atoms with Gasteiger partial charge in [-0.3, -0.25) is 0 Å². The Hall–Kier alpha value is -0.340. The van der Waals surface area contributed by atoms with Gasteiger partial charge in [0.05, 0.1) is 0 Å². The summed E-state index contributed by atoms with van der Waals surface area (Å²) in [6.45, 7) is 0. The zero-order valence-corrected chi connectivity index (χ0v) is 8.46. The fourth-order valence-electron chi connectivity index (χ4n) is 3.24. The van der Waals surface area contributed by atoms with Gasteiger partial charge in [-0.15, -0.1) is 11.3 Å². The van der Waals surface area contributed by atoms with Crippen molar-refractivity contribution in [1.29, 1.82) is 0 Å². The highest BCUT2D eigenvalue weighted by Crippen LogP contribution is 2.52. The molecular weight excluding hydrogens is 178 g/mol. The van der Waals surface area contributed by atoms with Gasteiger partial charge in [0, 0.05) is 16.8 Å². The van der Waals surface area contributed by atoms with Crippen molar-refractivity contribution in [3.63, 3.8) is 0 Å². The van der Waals surface area contributed by atoms with Crippen molar-refractivity contribution in [3.05, 3.63) is 22.4 Å². The lowest BCUT2D eigenvalue weighted by Crippen LogP contribution is -2.33. The molecule has 4 atom stereocenters. The summed E-state index contributed by atoms with van der Waals surface area (Å²) >= 11 is 1.88. The number of hydrogen-bond acceptors (Lipinski definition) is 2. The van der Waals surface area contributed by atoms with Gasteiger partial charge in [0.15, 0.2) is 0 Å². The fraction of sp³-hybridized carbons (Fsp3) is 0.636. The maximum Gasteiger partial charge on any atom is 0.0147 e. The molecule has 1 aromatic rings. The summed E-state index contributed by atoms with van der Waals surface area (Å²) in [6.07, 6.45) is 4.19. The minimum Gasteiger partial charge on any atom is -0.327 e. The molecule has 0 amide bonds. The molecule has 70 valence electrons. The topological polar surface area (TPSA) is 26.0 Å². The number of nitrogens with two attached hydrogens (primary N) is 1. The highest BCUT2D eigenvalue weighted by molar-refractivity contribution is 7.10. The van der Waals surface area contributed by atoms with Gasteiger partial charge in [-0.05, 0) is 42.5 Å². The summed E-state index contributed by atoms with van der Waals surface area (Å²) in [7, 11) is 0. The van der Waals surface area contributed by atoms with Gasteiger partial charge in [0.25, 0.3) is 0 Å². The van der Waals surface area contributed by atoms with E-state index in [1.54, 1.807) is 0 Å². The summed E-state index contributed by atoms with van der Waals surface area (Å²) in [5.74, 6) is 2.43. The third-order valence-corrected chi connectivity index (χ3v) is 4.83. The van der Waals surface area contributed by atoms with E-state index in [1.165, 1.54) is 24.1 Å². The summed E-state index contributed by atoms with van der Waals surface area (Å²) < 4.78 is 0. The first-order valence-electron chi connectivity index (χ1n) is 5.15. The molecule has 1 aromatic heterocycles. The summed E-state index contributed by atoms with van der Waals surface area (Å²) in [5, 5.41) is 2.17. The zero-order chi connectivity index (χ0) is 8.84. The number of hydrogen-bond donors (Lipinski definition) is 1. The molecule has 0 saturated heterocycles. The van der Waals surface area contributed by atoms with E-state index in [2.05, 4.69) is 17.5 Å². The maximum atomic E-state index is 6.26. The van der Waals surface area contributed by atoms with Gasteiger partial charge in [0.1, 0.15) is 0 Å². The Bertz CT molecular complexity index is 291. The van der Waals surface area contributed by atoms with E-state index in [0.717, 1.165) is 11.8 Å². The van der Waals surface area contributed by atoms with Gasteiger partial charge >= 0.3 is 0 Å². The maximum absolute atomic E-state index is 6.26. The van der Waals surface area contributed by atoms with E-state index in [1.807, 2.05) is 11.3 Å². The molecule has 1 nitrogen and oxygen atoms in total.